The lowest BCUT2D eigenvalue weighted by atomic mass is 10.2. The average Bonchev–Trinajstić information content (AvgIpc) is 2.45. The molecule has 5 heteroatoms. The third kappa shape index (κ3) is 1.80. The van der Waals surface area contributed by atoms with Gasteiger partial charge in [-0.05, 0) is 12.1 Å². The third-order valence-electron chi connectivity index (χ3n) is 2.21. The first-order valence-electron chi connectivity index (χ1n) is 4.38. The molecule has 0 spiro atoms. The molecule has 0 radical (unpaired) electrons. The van der Waals surface area contributed by atoms with Gasteiger partial charge in [0.05, 0.1) is 18.7 Å². The molecule has 0 atom stereocenters. The van der Waals surface area contributed by atoms with E-state index in [0.29, 0.717) is 10.7 Å². The Balaban J connectivity index is 2.38. The van der Waals surface area contributed by atoms with E-state index in [0.717, 1.165) is 0 Å². The van der Waals surface area contributed by atoms with Crippen molar-refractivity contribution in [1.29, 1.82) is 0 Å². The van der Waals surface area contributed by atoms with Gasteiger partial charge in [0.25, 0.3) is 0 Å². The van der Waals surface area contributed by atoms with Crippen molar-refractivity contribution in [1.82, 2.24) is 0 Å². The maximum atomic E-state index is 11.4. The number of Topliss-reactive ketones (excluding diaryl/α,β-unsaturated/α-hetero) is 1. The number of amides is 1. The lowest BCUT2D eigenvalue weighted by Crippen LogP contribution is -2.24. The molecule has 0 unspecified atom stereocenters. The van der Waals surface area contributed by atoms with Crippen LogP contribution in [0.3, 0.4) is 0 Å². The first-order valence-corrected chi connectivity index (χ1v) is 4.76. The van der Waals surface area contributed by atoms with Crippen molar-refractivity contribution in [3.63, 3.8) is 0 Å². The Morgan fingerprint density at radius 1 is 1.33 bits per heavy atom. The molecule has 2 rings (SSSR count). The second-order valence-corrected chi connectivity index (χ2v) is 3.76. The maximum Gasteiger partial charge on any atom is 0.235 e. The summed E-state index contributed by atoms with van der Waals surface area (Å²) in [5.41, 5.74) is 0.329. The van der Waals surface area contributed by atoms with Crippen molar-refractivity contribution < 1.29 is 14.7 Å². The summed E-state index contributed by atoms with van der Waals surface area (Å²) in [6.07, 6.45) is -0.0952. The van der Waals surface area contributed by atoms with Crippen LogP contribution in [-0.4, -0.2) is 23.3 Å². The van der Waals surface area contributed by atoms with E-state index < -0.39 is 0 Å². The van der Waals surface area contributed by atoms with E-state index in [1.54, 1.807) is 6.07 Å². The molecule has 0 saturated carbocycles. The highest BCUT2D eigenvalue weighted by atomic mass is 35.5. The van der Waals surface area contributed by atoms with Crippen LogP contribution >= 0.6 is 11.6 Å². The lowest BCUT2D eigenvalue weighted by Gasteiger charge is -2.15. The summed E-state index contributed by atoms with van der Waals surface area (Å²) < 4.78 is 0. The number of ketones is 1. The highest BCUT2D eigenvalue weighted by Gasteiger charge is 2.29. The Hall–Kier alpha value is -1.55. The van der Waals surface area contributed by atoms with Crippen molar-refractivity contribution in [3.05, 3.63) is 23.2 Å². The average molecular weight is 226 g/mol. The summed E-state index contributed by atoms with van der Waals surface area (Å²) in [6, 6.07) is 4.42. The molecule has 0 bridgehead atoms. The van der Waals surface area contributed by atoms with E-state index in [4.69, 9.17) is 11.6 Å². The zero-order valence-corrected chi connectivity index (χ0v) is 8.49. The van der Waals surface area contributed by atoms with Gasteiger partial charge in [-0.3, -0.25) is 9.59 Å². The van der Waals surface area contributed by atoms with E-state index in [9.17, 15) is 14.7 Å². The van der Waals surface area contributed by atoms with Crippen LogP contribution in [0.15, 0.2) is 18.2 Å². The van der Waals surface area contributed by atoms with Crippen LogP contribution in [0.2, 0.25) is 5.02 Å². The number of anilines is 1. The summed E-state index contributed by atoms with van der Waals surface area (Å²) in [7, 11) is 0. The first kappa shape index (κ1) is 9.98. The van der Waals surface area contributed by atoms with Gasteiger partial charge in [0, 0.05) is 11.1 Å². The highest BCUT2D eigenvalue weighted by molar-refractivity contribution is 6.31. The van der Waals surface area contributed by atoms with Crippen molar-refractivity contribution in [2.24, 2.45) is 0 Å². The van der Waals surface area contributed by atoms with Crippen LogP contribution in [0.25, 0.3) is 0 Å². The predicted molar refractivity (Wildman–Crippen MR) is 55.1 cm³/mol. The van der Waals surface area contributed by atoms with Crippen molar-refractivity contribution >= 4 is 29.0 Å². The number of carbonyl (C=O) groups excluding carboxylic acids is 2. The summed E-state index contributed by atoms with van der Waals surface area (Å²) >= 11 is 5.66. The smallest absolute Gasteiger partial charge is 0.235 e. The Morgan fingerprint density at radius 3 is 2.60 bits per heavy atom. The third-order valence-corrected chi connectivity index (χ3v) is 2.45. The number of aromatic hydroxyl groups is 1. The molecule has 1 N–H and O–H groups in total. The molecule has 1 aliphatic rings. The number of nitrogens with zero attached hydrogens (tertiary/aromatic N) is 1. The van der Waals surface area contributed by atoms with Gasteiger partial charge in [-0.15, -0.1) is 0 Å². The van der Waals surface area contributed by atoms with Gasteiger partial charge < -0.3 is 10.0 Å². The minimum absolute atomic E-state index is 0.0219. The van der Waals surface area contributed by atoms with Crippen LogP contribution in [0.1, 0.15) is 6.42 Å². The van der Waals surface area contributed by atoms with Crippen molar-refractivity contribution in [3.8, 4) is 5.75 Å². The molecule has 1 heterocycles. The second kappa shape index (κ2) is 3.55. The fourth-order valence-electron chi connectivity index (χ4n) is 1.53. The largest absolute Gasteiger partial charge is 0.506 e. The van der Waals surface area contributed by atoms with Gasteiger partial charge in [0.2, 0.25) is 5.91 Å². The van der Waals surface area contributed by atoms with Crippen LogP contribution in [-0.2, 0) is 9.59 Å². The van der Waals surface area contributed by atoms with E-state index >= 15 is 0 Å². The summed E-state index contributed by atoms with van der Waals surface area (Å²) in [6.45, 7) is 0.0219. The van der Waals surface area contributed by atoms with E-state index in [1.807, 2.05) is 0 Å². The molecule has 15 heavy (non-hydrogen) atoms. The van der Waals surface area contributed by atoms with E-state index in [-0.39, 0.29) is 30.4 Å². The van der Waals surface area contributed by atoms with Crippen LogP contribution in [0, 0.1) is 0 Å². The van der Waals surface area contributed by atoms with Crippen LogP contribution < -0.4 is 4.90 Å². The van der Waals surface area contributed by atoms with Crippen LogP contribution in [0.4, 0.5) is 5.69 Å². The predicted octanol–water partition coefficient (Wildman–Crippen LogP) is 1.35. The Labute approximate surface area is 91.1 Å². The van der Waals surface area contributed by atoms with Gasteiger partial charge in [-0.1, -0.05) is 11.6 Å². The number of benzene rings is 1. The molecule has 1 aromatic carbocycles. The van der Waals surface area contributed by atoms with Gasteiger partial charge in [-0.25, -0.2) is 0 Å². The molecular formula is C10H8ClNO3. The Morgan fingerprint density at radius 2 is 2.07 bits per heavy atom. The maximum absolute atomic E-state index is 11.4. The molecule has 78 valence electrons. The number of phenols is 1. The van der Waals surface area contributed by atoms with Crippen LogP contribution in [0.5, 0.6) is 5.75 Å². The van der Waals surface area contributed by atoms with E-state index in [1.165, 1.54) is 17.0 Å². The minimum Gasteiger partial charge on any atom is -0.506 e. The Bertz CT molecular complexity index is 444. The fourth-order valence-corrected chi connectivity index (χ4v) is 1.70. The number of halogens is 1. The van der Waals surface area contributed by atoms with Gasteiger partial charge >= 0.3 is 0 Å². The molecule has 1 aliphatic heterocycles. The number of rotatable bonds is 1. The number of hydrogen-bond acceptors (Lipinski definition) is 3. The first-order chi connectivity index (χ1) is 7.08. The number of carbonyl (C=O) groups is 2. The molecule has 4 nitrogen and oxygen atoms in total. The van der Waals surface area contributed by atoms with Crippen molar-refractivity contribution in [2.45, 2.75) is 6.42 Å². The minimum atomic E-state index is -0.294. The fraction of sp³-hybridized carbons (Fsp3) is 0.200. The monoisotopic (exact) mass is 225 g/mol. The SMILES string of the molecule is O=C1CC(=O)N(c2ccc(Cl)cc2O)C1. The zero-order valence-electron chi connectivity index (χ0n) is 7.74. The molecule has 1 fully saturated rings. The van der Waals surface area contributed by atoms with E-state index in [2.05, 4.69) is 0 Å². The molecule has 0 aliphatic carbocycles. The summed E-state index contributed by atoms with van der Waals surface area (Å²) in [5.74, 6) is -0.530. The molecular weight excluding hydrogens is 218 g/mol. The normalized spacial score (nSPS) is 16.2. The molecule has 1 aromatic rings. The summed E-state index contributed by atoms with van der Waals surface area (Å²) in [4.78, 5) is 23.7. The quantitative estimate of drug-likeness (QED) is 0.734. The Kier molecular flexibility index (Phi) is 2.36. The zero-order chi connectivity index (χ0) is 11.0. The van der Waals surface area contributed by atoms with Gasteiger partial charge in [0.15, 0.2) is 5.78 Å². The molecule has 1 saturated heterocycles. The van der Waals surface area contributed by atoms with Crippen molar-refractivity contribution in [2.75, 3.05) is 11.4 Å². The molecule has 0 aromatic heterocycles. The summed E-state index contributed by atoms with van der Waals surface area (Å²) in [5, 5.41) is 9.95. The highest BCUT2D eigenvalue weighted by Crippen LogP contribution is 2.31. The molecule has 1 amide bonds. The number of hydrogen-bond donors (Lipinski definition) is 1. The second-order valence-electron chi connectivity index (χ2n) is 3.33. The standard InChI is InChI=1S/C10H8ClNO3/c11-6-1-2-8(9(14)3-6)12-5-7(13)4-10(12)15/h1-3,14H,4-5H2. The lowest BCUT2D eigenvalue weighted by molar-refractivity contribution is -0.121. The topological polar surface area (TPSA) is 57.6 Å². The van der Waals surface area contributed by atoms with Gasteiger partial charge in [0.1, 0.15) is 5.75 Å². The number of phenolic OH excluding ortho intramolecular Hbond substituents is 1. The van der Waals surface area contributed by atoms with Gasteiger partial charge in [-0.2, -0.15) is 0 Å².